The van der Waals surface area contributed by atoms with Gasteiger partial charge in [0.1, 0.15) is 0 Å². The fourth-order valence-corrected chi connectivity index (χ4v) is 5.10. The summed E-state index contributed by atoms with van der Waals surface area (Å²) >= 11 is 0. The van der Waals surface area contributed by atoms with Crippen molar-refractivity contribution in [2.45, 2.75) is 37.0 Å². The van der Waals surface area contributed by atoms with E-state index in [2.05, 4.69) is 10.6 Å². The molecule has 0 atom stereocenters. The Morgan fingerprint density at radius 3 is 2.24 bits per heavy atom. The molecule has 2 aliphatic rings. The van der Waals surface area contributed by atoms with Crippen molar-refractivity contribution in [2.24, 2.45) is 5.92 Å². The van der Waals surface area contributed by atoms with Crippen molar-refractivity contribution < 1.29 is 22.7 Å². The number of nitrogens with zero attached hydrogens (tertiary/aromatic N) is 1. The van der Waals surface area contributed by atoms with Crippen LogP contribution in [0.4, 0.5) is 0 Å². The van der Waals surface area contributed by atoms with Crippen LogP contribution in [0.1, 0.15) is 42.5 Å². The predicted molar refractivity (Wildman–Crippen MR) is 108 cm³/mol. The van der Waals surface area contributed by atoms with Crippen LogP contribution in [0.3, 0.4) is 0 Å². The van der Waals surface area contributed by atoms with Gasteiger partial charge in [0.15, 0.2) is 0 Å². The Hall–Kier alpha value is -1.97. The van der Waals surface area contributed by atoms with E-state index in [4.69, 9.17) is 4.74 Å². The van der Waals surface area contributed by atoms with Gasteiger partial charge >= 0.3 is 0 Å². The minimum atomic E-state index is -3.57. The lowest BCUT2D eigenvalue weighted by Crippen LogP contribution is -2.40. The molecule has 8 nitrogen and oxygen atoms in total. The molecule has 1 aromatic carbocycles. The first-order chi connectivity index (χ1) is 14.0. The van der Waals surface area contributed by atoms with Gasteiger partial charge in [-0.25, -0.2) is 8.42 Å². The van der Waals surface area contributed by atoms with Crippen molar-refractivity contribution in [1.82, 2.24) is 14.9 Å². The number of nitrogens with one attached hydrogen (secondary N) is 2. The smallest absolute Gasteiger partial charge is 0.251 e. The maximum Gasteiger partial charge on any atom is 0.251 e. The fourth-order valence-electron chi connectivity index (χ4n) is 3.69. The number of carbonyl (C=O) groups excluding carboxylic acids is 2. The second kappa shape index (κ2) is 10.2. The van der Waals surface area contributed by atoms with Crippen molar-refractivity contribution in [1.29, 1.82) is 0 Å². The molecule has 0 radical (unpaired) electrons. The average molecular weight is 424 g/mol. The van der Waals surface area contributed by atoms with Gasteiger partial charge in [-0.15, -0.1) is 0 Å². The standard InChI is InChI=1S/C20H29N3O5S/c24-19(16-4-2-1-3-5-16)21-10-11-22-20(25)17-6-8-18(9-7-17)29(26,27)23-12-14-28-15-13-23/h6-9,16H,1-5,10-15H2,(H,21,24)(H,22,25). The normalized spacial score (nSPS) is 18.9. The molecule has 2 N–H and O–H groups in total. The van der Waals surface area contributed by atoms with E-state index in [0.29, 0.717) is 45.0 Å². The number of amides is 2. The van der Waals surface area contributed by atoms with Gasteiger partial charge in [0.25, 0.3) is 5.91 Å². The van der Waals surface area contributed by atoms with Crippen molar-refractivity contribution >= 4 is 21.8 Å². The zero-order valence-electron chi connectivity index (χ0n) is 16.6. The summed E-state index contributed by atoms with van der Waals surface area (Å²) in [4.78, 5) is 24.5. The Kier molecular flexibility index (Phi) is 7.63. The van der Waals surface area contributed by atoms with Gasteiger partial charge in [0, 0.05) is 37.7 Å². The molecule has 0 aromatic heterocycles. The average Bonchev–Trinajstić information content (AvgIpc) is 2.77. The van der Waals surface area contributed by atoms with E-state index in [1.165, 1.54) is 35.0 Å². The van der Waals surface area contributed by atoms with E-state index in [0.717, 1.165) is 25.7 Å². The number of hydrogen-bond acceptors (Lipinski definition) is 5. The molecule has 2 amide bonds. The SMILES string of the molecule is O=C(NCCNC(=O)C1CCCCC1)c1ccc(S(=O)(=O)N2CCOCC2)cc1. The first-order valence-corrected chi connectivity index (χ1v) is 11.7. The van der Waals surface area contributed by atoms with Gasteiger partial charge in [-0.1, -0.05) is 19.3 Å². The molecule has 29 heavy (non-hydrogen) atoms. The van der Waals surface area contributed by atoms with Crippen molar-refractivity contribution in [2.75, 3.05) is 39.4 Å². The molecular formula is C20H29N3O5S. The summed E-state index contributed by atoms with van der Waals surface area (Å²) in [6.45, 7) is 2.14. The Morgan fingerprint density at radius 2 is 1.59 bits per heavy atom. The van der Waals surface area contributed by atoms with Crippen LogP contribution >= 0.6 is 0 Å². The van der Waals surface area contributed by atoms with Gasteiger partial charge in [-0.05, 0) is 37.1 Å². The molecule has 2 fully saturated rings. The summed E-state index contributed by atoms with van der Waals surface area (Å²) in [5.41, 5.74) is 0.379. The maximum atomic E-state index is 12.6. The van der Waals surface area contributed by atoms with Crippen molar-refractivity contribution in [3.8, 4) is 0 Å². The number of rotatable bonds is 7. The van der Waals surface area contributed by atoms with Gasteiger partial charge in [-0.2, -0.15) is 4.31 Å². The predicted octanol–water partition coefficient (Wildman–Crippen LogP) is 1.13. The van der Waals surface area contributed by atoms with Gasteiger partial charge in [0.2, 0.25) is 15.9 Å². The molecule has 160 valence electrons. The topological polar surface area (TPSA) is 105 Å². The largest absolute Gasteiger partial charge is 0.379 e. The summed E-state index contributed by atoms with van der Waals surface area (Å²) in [5, 5.41) is 5.62. The van der Waals surface area contributed by atoms with Crippen LogP contribution in [0.25, 0.3) is 0 Å². The Morgan fingerprint density at radius 1 is 0.966 bits per heavy atom. The first kappa shape index (κ1) is 21.7. The summed E-state index contributed by atoms with van der Waals surface area (Å²) in [6.07, 6.45) is 5.29. The van der Waals surface area contributed by atoms with Crippen LogP contribution < -0.4 is 10.6 Å². The molecule has 1 aromatic rings. The Labute approximate surface area is 172 Å². The van der Waals surface area contributed by atoms with E-state index in [9.17, 15) is 18.0 Å². The van der Waals surface area contributed by atoms with Crippen LogP contribution in [0.5, 0.6) is 0 Å². The molecular weight excluding hydrogens is 394 g/mol. The zero-order chi connectivity index (χ0) is 20.7. The number of sulfonamides is 1. The molecule has 1 saturated carbocycles. The summed E-state index contributed by atoms with van der Waals surface area (Å²) in [7, 11) is -3.57. The molecule has 9 heteroatoms. The van der Waals surface area contributed by atoms with E-state index in [-0.39, 0.29) is 22.6 Å². The van der Waals surface area contributed by atoms with E-state index in [1.54, 1.807) is 0 Å². The summed E-state index contributed by atoms with van der Waals surface area (Å²) in [6, 6.07) is 5.90. The Bertz CT molecular complexity index is 798. The lowest BCUT2D eigenvalue weighted by Gasteiger charge is -2.26. The van der Waals surface area contributed by atoms with Crippen molar-refractivity contribution in [3.05, 3.63) is 29.8 Å². The van der Waals surface area contributed by atoms with Crippen LogP contribution in [0.2, 0.25) is 0 Å². The number of morpholine rings is 1. The van der Waals surface area contributed by atoms with Crippen LogP contribution in [0.15, 0.2) is 29.2 Å². The number of hydrogen-bond donors (Lipinski definition) is 2. The highest BCUT2D eigenvalue weighted by Gasteiger charge is 2.26. The highest BCUT2D eigenvalue weighted by molar-refractivity contribution is 7.89. The van der Waals surface area contributed by atoms with E-state index < -0.39 is 10.0 Å². The van der Waals surface area contributed by atoms with E-state index >= 15 is 0 Å². The van der Waals surface area contributed by atoms with Gasteiger partial charge in [0.05, 0.1) is 18.1 Å². The zero-order valence-corrected chi connectivity index (χ0v) is 17.4. The van der Waals surface area contributed by atoms with E-state index in [1.807, 2.05) is 0 Å². The lowest BCUT2D eigenvalue weighted by atomic mass is 9.89. The highest BCUT2D eigenvalue weighted by atomic mass is 32.2. The lowest BCUT2D eigenvalue weighted by molar-refractivity contribution is -0.125. The third-order valence-electron chi connectivity index (χ3n) is 5.41. The third-order valence-corrected chi connectivity index (χ3v) is 7.32. The molecule has 1 saturated heterocycles. The number of benzene rings is 1. The third kappa shape index (κ3) is 5.77. The quantitative estimate of drug-likeness (QED) is 0.640. The van der Waals surface area contributed by atoms with Crippen LogP contribution in [0, 0.1) is 5.92 Å². The van der Waals surface area contributed by atoms with Crippen LogP contribution in [-0.4, -0.2) is 63.9 Å². The molecule has 1 aliphatic carbocycles. The molecule has 0 bridgehead atoms. The van der Waals surface area contributed by atoms with Crippen molar-refractivity contribution in [3.63, 3.8) is 0 Å². The highest BCUT2D eigenvalue weighted by Crippen LogP contribution is 2.23. The monoisotopic (exact) mass is 423 g/mol. The summed E-state index contributed by atoms with van der Waals surface area (Å²) < 4.78 is 31.8. The second-order valence-corrected chi connectivity index (χ2v) is 9.36. The van der Waals surface area contributed by atoms with Gasteiger partial charge in [-0.3, -0.25) is 9.59 Å². The first-order valence-electron chi connectivity index (χ1n) is 10.2. The molecule has 1 aliphatic heterocycles. The molecule has 1 heterocycles. The molecule has 0 spiro atoms. The second-order valence-electron chi connectivity index (χ2n) is 7.42. The number of carbonyl (C=O) groups is 2. The molecule has 0 unspecified atom stereocenters. The Balaban J connectivity index is 1.45. The minimum absolute atomic E-state index is 0.0663. The molecule has 3 rings (SSSR count). The van der Waals surface area contributed by atoms with Gasteiger partial charge < -0.3 is 15.4 Å². The fraction of sp³-hybridized carbons (Fsp3) is 0.600. The minimum Gasteiger partial charge on any atom is -0.379 e. The maximum absolute atomic E-state index is 12.6. The van der Waals surface area contributed by atoms with Crippen LogP contribution in [-0.2, 0) is 19.6 Å². The number of ether oxygens (including phenoxy) is 1. The summed E-state index contributed by atoms with van der Waals surface area (Å²) in [5.74, 6) is -0.135.